The summed E-state index contributed by atoms with van der Waals surface area (Å²) in [6, 6.07) is 6.80. The standard InChI is InChI=1S/C10H16OSi.C9H13.2ClH.Ti/c1-8-5-9(11)7-10(6-8)12(2,3)4;1-6-5-7(2)9(4)8(6)3;;;/h5-7,11H,1-4H3;6H,1-4H3;2*1H;/q;;;;+1/p-1. The quantitative estimate of drug-likeness (QED) is 0.541. The van der Waals surface area contributed by atoms with E-state index >= 15 is 0 Å². The molecule has 24 heavy (non-hydrogen) atoms. The molecule has 134 valence electrons. The van der Waals surface area contributed by atoms with Crippen molar-refractivity contribution in [1.82, 2.24) is 0 Å². The number of benzene rings is 1. The van der Waals surface area contributed by atoms with E-state index in [0.717, 1.165) is 5.75 Å². The van der Waals surface area contributed by atoms with Crippen LogP contribution >= 0.6 is 24.8 Å². The molecular formula is C19H30Cl2OSiTi. The van der Waals surface area contributed by atoms with E-state index in [2.05, 4.69) is 72.5 Å². The van der Waals surface area contributed by atoms with Crippen molar-refractivity contribution in [3.8, 4) is 5.75 Å². The van der Waals surface area contributed by atoms with Crippen LogP contribution in [0, 0.1) is 12.8 Å². The molecule has 1 aromatic carbocycles. The van der Waals surface area contributed by atoms with E-state index in [1.807, 2.05) is 0 Å². The van der Waals surface area contributed by atoms with Crippen LogP contribution in [0.2, 0.25) is 19.6 Å². The summed E-state index contributed by atoms with van der Waals surface area (Å²) in [6.07, 6.45) is 0. The number of rotatable bonds is 4. The van der Waals surface area contributed by atoms with Crippen LogP contribution in [0.15, 0.2) is 38.8 Å². The molecule has 0 bridgehead atoms. The SMILES string of the molecule is CC1=C(C)C(C)[C]([Ti][O]c2cc(C)cc([Si](C)(C)C)c2)=C1C.Cl.Cl. The molecule has 1 unspecified atom stereocenters. The van der Waals surface area contributed by atoms with Crippen LogP contribution in [-0.4, -0.2) is 8.07 Å². The Morgan fingerprint density at radius 1 is 0.917 bits per heavy atom. The van der Waals surface area contributed by atoms with E-state index in [1.165, 1.54) is 27.5 Å². The second kappa shape index (κ2) is 9.10. The van der Waals surface area contributed by atoms with E-state index in [9.17, 15) is 0 Å². The topological polar surface area (TPSA) is 9.23 Å². The van der Waals surface area contributed by atoms with Crippen LogP contribution in [0.5, 0.6) is 5.75 Å². The van der Waals surface area contributed by atoms with Gasteiger partial charge in [0.15, 0.2) is 0 Å². The summed E-state index contributed by atoms with van der Waals surface area (Å²) in [6.45, 7) is 18.4. The fraction of sp³-hybridized carbons (Fsp3) is 0.474. The van der Waals surface area contributed by atoms with Gasteiger partial charge in [-0.2, -0.15) is 0 Å². The van der Waals surface area contributed by atoms with Gasteiger partial charge in [-0.05, 0) is 0 Å². The number of allylic oxidation sites excluding steroid dienone is 4. The molecule has 1 nitrogen and oxygen atoms in total. The Morgan fingerprint density at radius 3 is 1.96 bits per heavy atom. The molecule has 5 heteroatoms. The maximum absolute atomic E-state index is 6.31. The molecule has 0 saturated carbocycles. The number of hydrogen-bond donors (Lipinski definition) is 0. The predicted molar refractivity (Wildman–Crippen MR) is 110 cm³/mol. The predicted octanol–water partition coefficient (Wildman–Crippen LogP) is 6.02. The normalized spacial score (nSPS) is 17.4. The largest absolute Gasteiger partial charge is 0.147 e. The van der Waals surface area contributed by atoms with Gasteiger partial charge >= 0.3 is 146 Å². The van der Waals surface area contributed by atoms with Gasteiger partial charge in [0.05, 0.1) is 0 Å². The van der Waals surface area contributed by atoms with Crippen LogP contribution in [0.1, 0.15) is 33.3 Å². The Balaban J connectivity index is 0.00000264. The first-order valence-electron chi connectivity index (χ1n) is 8.04. The number of hydrogen-bond acceptors (Lipinski definition) is 1. The van der Waals surface area contributed by atoms with E-state index in [1.54, 1.807) is 3.88 Å². The third-order valence-corrected chi connectivity index (χ3v) is 8.99. The zero-order chi connectivity index (χ0) is 16.7. The summed E-state index contributed by atoms with van der Waals surface area (Å²) in [7, 11) is -1.29. The van der Waals surface area contributed by atoms with Gasteiger partial charge in [-0.3, -0.25) is 0 Å². The van der Waals surface area contributed by atoms with Gasteiger partial charge in [-0.25, -0.2) is 0 Å². The Morgan fingerprint density at radius 2 is 1.50 bits per heavy atom. The van der Waals surface area contributed by atoms with E-state index in [-0.39, 0.29) is 24.8 Å². The van der Waals surface area contributed by atoms with E-state index in [0.29, 0.717) is 5.92 Å². The summed E-state index contributed by atoms with van der Waals surface area (Å²) in [4.78, 5) is 0. The fourth-order valence-corrected chi connectivity index (χ4v) is 5.80. The van der Waals surface area contributed by atoms with Crippen LogP contribution in [0.3, 0.4) is 0 Å². The average molecular weight is 421 g/mol. The first-order valence-corrected chi connectivity index (χ1v) is 13.0. The second-order valence-corrected chi connectivity index (χ2v) is 14.1. The summed E-state index contributed by atoms with van der Waals surface area (Å²) < 4.78 is 7.87. The Bertz CT molecular complexity index is 660. The summed E-state index contributed by atoms with van der Waals surface area (Å²) in [5, 5.41) is 1.49. The van der Waals surface area contributed by atoms with Gasteiger partial charge in [0.25, 0.3) is 0 Å². The van der Waals surface area contributed by atoms with Crippen molar-refractivity contribution in [3.05, 3.63) is 44.4 Å². The van der Waals surface area contributed by atoms with Crippen molar-refractivity contribution < 1.29 is 22.9 Å². The van der Waals surface area contributed by atoms with Crippen molar-refractivity contribution in [2.45, 2.75) is 54.3 Å². The molecule has 0 spiro atoms. The fourth-order valence-electron chi connectivity index (χ4n) is 2.88. The summed E-state index contributed by atoms with van der Waals surface area (Å²) >= 11 is -0.552. The molecule has 1 aliphatic carbocycles. The molecule has 0 saturated heterocycles. The average Bonchev–Trinajstić information content (AvgIpc) is 2.60. The zero-order valence-electron chi connectivity index (χ0n) is 16.0. The van der Waals surface area contributed by atoms with Crippen molar-refractivity contribution in [2.75, 3.05) is 0 Å². The van der Waals surface area contributed by atoms with E-state index < -0.39 is 27.6 Å². The first-order chi connectivity index (χ1) is 10.1. The number of halogens is 2. The second-order valence-electron chi connectivity index (χ2n) is 7.56. The molecule has 0 aromatic heterocycles. The molecule has 1 aromatic rings. The summed E-state index contributed by atoms with van der Waals surface area (Å²) in [5.41, 5.74) is 5.79. The smallest absolute Gasteiger partial charge is 0.147 e. The molecule has 0 radical (unpaired) electrons. The van der Waals surface area contributed by atoms with Crippen LogP contribution in [0.4, 0.5) is 0 Å². The molecule has 1 aliphatic rings. The Labute approximate surface area is 170 Å². The molecular weight excluding hydrogens is 391 g/mol. The maximum Gasteiger partial charge on any atom is -0.147 e. The Kier molecular flexibility index (Phi) is 9.10. The molecule has 0 fully saturated rings. The van der Waals surface area contributed by atoms with Crippen LogP contribution < -0.4 is 8.51 Å². The molecule has 0 amide bonds. The van der Waals surface area contributed by atoms with Crippen molar-refractivity contribution in [1.29, 1.82) is 0 Å². The monoisotopic (exact) mass is 420 g/mol. The van der Waals surface area contributed by atoms with Crippen LogP contribution in [-0.2, 0) is 19.5 Å². The van der Waals surface area contributed by atoms with Crippen LogP contribution in [0.25, 0.3) is 0 Å². The van der Waals surface area contributed by atoms with Gasteiger partial charge in [0.1, 0.15) is 0 Å². The van der Waals surface area contributed by atoms with Crippen molar-refractivity contribution >= 4 is 38.1 Å². The van der Waals surface area contributed by atoms with E-state index in [4.69, 9.17) is 3.32 Å². The van der Waals surface area contributed by atoms with Gasteiger partial charge in [0.2, 0.25) is 0 Å². The minimum absolute atomic E-state index is 0. The van der Waals surface area contributed by atoms with Gasteiger partial charge in [0, 0.05) is 0 Å². The van der Waals surface area contributed by atoms with Gasteiger partial charge < -0.3 is 0 Å². The van der Waals surface area contributed by atoms with Crippen molar-refractivity contribution in [3.63, 3.8) is 0 Å². The van der Waals surface area contributed by atoms with Crippen molar-refractivity contribution in [2.24, 2.45) is 5.92 Å². The molecule has 0 heterocycles. The first kappa shape index (κ1) is 24.0. The third-order valence-electron chi connectivity index (χ3n) is 4.84. The molecule has 1 atom stereocenters. The summed E-state index contributed by atoms with van der Waals surface area (Å²) in [5.74, 6) is 1.65. The molecule has 2 rings (SSSR count). The third kappa shape index (κ3) is 5.25. The Hall–Kier alpha value is 0.0112. The maximum atomic E-state index is 6.31. The minimum Gasteiger partial charge on any atom is -0.147 e. The minimum atomic E-state index is -1.29. The van der Waals surface area contributed by atoms with Gasteiger partial charge in [-0.15, -0.1) is 24.8 Å². The molecule has 0 N–H and O–H groups in total. The van der Waals surface area contributed by atoms with Gasteiger partial charge in [-0.1, -0.05) is 0 Å². The number of aryl methyl sites for hydroxylation is 1. The zero-order valence-corrected chi connectivity index (χ0v) is 20.2. The molecule has 0 aliphatic heterocycles.